The first-order valence-corrected chi connectivity index (χ1v) is 4.03. The van der Waals surface area contributed by atoms with Gasteiger partial charge in [0.05, 0.1) is 18.5 Å². The van der Waals surface area contributed by atoms with Crippen LogP contribution in [0, 0.1) is 12.7 Å². The Kier molecular flexibility index (Phi) is 1.77. The third-order valence-electron chi connectivity index (χ3n) is 2.02. The first kappa shape index (κ1) is 8.19. The number of nitrogens with zero attached hydrogens (tertiary/aromatic N) is 2. The summed E-state index contributed by atoms with van der Waals surface area (Å²) in [6.07, 6.45) is 1.55. The van der Waals surface area contributed by atoms with Crippen LogP contribution < -0.4 is 5.73 Å². The highest BCUT2D eigenvalue weighted by Crippen LogP contribution is 2.17. The molecule has 0 saturated heterocycles. The number of aryl methyl sites for hydroxylation is 1. The van der Waals surface area contributed by atoms with Gasteiger partial charge in [-0.05, 0) is 24.6 Å². The normalized spacial score (nSPS) is 11.0. The lowest BCUT2D eigenvalue weighted by Crippen LogP contribution is -2.05. The van der Waals surface area contributed by atoms with E-state index < -0.39 is 0 Å². The van der Waals surface area contributed by atoms with Gasteiger partial charge in [0.25, 0.3) is 0 Å². The fourth-order valence-electron chi connectivity index (χ4n) is 1.40. The molecule has 2 N–H and O–H groups in total. The maximum atomic E-state index is 13.3. The lowest BCUT2D eigenvalue weighted by atomic mass is 10.2. The lowest BCUT2D eigenvalue weighted by molar-refractivity contribution is 0.636. The molecule has 0 bridgehead atoms. The van der Waals surface area contributed by atoms with Crippen LogP contribution in [0.1, 0.15) is 5.56 Å². The van der Waals surface area contributed by atoms with Gasteiger partial charge in [0, 0.05) is 0 Å². The van der Waals surface area contributed by atoms with E-state index in [-0.39, 0.29) is 5.82 Å². The monoisotopic (exact) mass is 179 g/mol. The highest BCUT2D eigenvalue weighted by atomic mass is 19.1. The number of hydrogen-bond donors (Lipinski definition) is 1. The van der Waals surface area contributed by atoms with E-state index in [0.29, 0.717) is 12.2 Å². The van der Waals surface area contributed by atoms with Crippen LogP contribution in [0.4, 0.5) is 4.39 Å². The predicted octanol–water partition coefficient (Wildman–Crippen LogP) is 1.40. The Morgan fingerprint density at radius 3 is 3.00 bits per heavy atom. The maximum absolute atomic E-state index is 13.3. The molecule has 0 atom stereocenters. The van der Waals surface area contributed by atoms with Crippen molar-refractivity contribution in [1.82, 2.24) is 9.55 Å². The second-order valence-electron chi connectivity index (χ2n) is 3.01. The van der Waals surface area contributed by atoms with Crippen molar-refractivity contribution >= 4 is 11.0 Å². The van der Waals surface area contributed by atoms with Crippen LogP contribution in [0.25, 0.3) is 11.0 Å². The minimum Gasteiger partial charge on any atom is -0.317 e. The molecule has 3 nitrogen and oxygen atoms in total. The SMILES string of the molecule is Cc1cc(F)c2ncn(CN)c2c1. The number of nitrogens with two attached hydrogens (primary N) is 1. The summed E-state index contributed by atoms with van der Waals surface area (Å²) in [6, 6.07) is 3.34. The Morgan fingerprint density at radius 1 is 1.54 bits per heavy atom. The number of halogens is 1. The van der Waals surface area contributed by atoms with E-state index in [9.17, 15) is 4.39 Å². The summed E-state index contributed by atoms with van der Waals surface area (Å²) in [5, 5.41) is 0. The minimum absolute atomic E-state index is 0.290. The second-order valence-corrected chi connectivity index (χ2v) is 3.01. The molecule has 68 valence electrons. The molecule has 0 spiro atoms. The summed E-state index contributed by atoms with van der Waals surface area (Å²) >= 11 is 0. The largest absolute Gasteiger partial charge is 0.317 e. The van der Waals surface area contributed by atoms with Gasteiger partial charge in [0.1, 0.15) is 5.52 Å². The predicted molar refractivity (Wildman–Crippen MR) is 48.6 cm³/mol. The van der Waals surface area contributed by atoms with Crippen molar-refractivity contribution in [3.05, 3.63) is 29.8 Å². The zero-order valence-electron chi connectivity index (χ0n) is 7.29. The Bertz CT molecular complexity index is 447. The molecule has 0 saturated carbocycles. The molecule has 0 unspecified atom stereocenters. The molecule has 2 aromatic rings. The number of aromatic nitrogens is 2. The molecule has 4 heteroatoms. The highest BCUT2D eigenvalue weighted by Gasteiger charge is 2.06. The van der Waals surface area contributed by atoms with Crippen molar-refractivity contribution in [2.24, 2.45) is 5.73 Å². The summed E-state index contributed by atoms with van der Waals surface area (Å²) in [6.45, 7) is 2.16. The summed E-state index contributed by atoms with van der Waals surface area (Å²) < 4.78 is 15.0. The van der Waals surface area contributed by atoms with Gasteiger partial charge in [0.15, 0.2) is 5.82 Å². The summed E-state index contributed by atoms with van der Waals surface area (Å²) in [5.41, 5.74) is 7.47. The molecule has 0 amide bonds. The van der Waals surface area contributed by atoms with Crippen LogP contribution in [-0.2, 0) is 6.67 Å². The smallest absolute Gasteiger partial charge is 0.151 e. The third kappa shape index (κ3) is 1.19. The van der Waals surface area contributed by atoms with Gasteiger partial charge in [-0.2, -0.15) is 0 Å². The van der Waals surface area contributed by atoms with E-state index in [1.165, 1.54) is 6.07 Å². The van der Waals surface area contributed by atoms with Gasteiger partial charge in [-0.25, -0.2) is 9.37 Å². The van der Waals surface area contributed by atoms with Crippen molar-refractivity contribution < 1.29 is 4.39 Å². The molecule has 0 aliphatic rings. The molecule has 0 radical (unpaired) electrons. The van der Waals surface area contributed by atoms with Crippen LogP contribution in [0.5, 0.6) is 0 Å². The zero-order chi connectivity index (χ0) is 9.42. The second kappa shape index (κ2) is 2.81. The standard InChI is InChI=1S/C9H10FN3/c1-6-2-7(10)9-8(3-6)13(4-11)5-12-9/h2-3,5H,4,11H2,1H3. The van der Waals surface area contributed by atoms with E-state index in [1.807, 2.05) is 13.0 Å². The van der Waals surface area contributed by atoms with Gasteiger partial charge < -0.3 is 10.3 Å². The number of fused-ring (bicyclic) bond motifs is 1. The molecule has 0 aliphatic carbocycles. The molecule has 0 aliphatic heterocycles. The Balaban J connectivity index is 2.82. The number of benzene rings is 1. The van der Waals surface area contributed by atoms with Crippen LogP contribution >= 0.6 is 0 Å². The van der Waals surface area contributed by atoms with E-state index >= 15 is 0 Å². The van der Waals surface area contributed by atoms with Crippen LogP contribution in [0.2, 0.25) is 0 Å². The van der Waals surface area contributed by atoms with E-state index in [1.54, 1.807) is 10.9 Å². The summed E-state index contributed by atoms with van der Waals surface area (Å²) in [5.74, 6) is -0.290. The Labute approximate surface area is 75.0 Å². The minimum atomic E-state index is -0.290. The van der Waals surface area contributed by atoms with Crippen molar-refractivity contribution in [2.45, 2.75) is 13.6 Å². The van der Waals surface area contributed by atoms with Crippen LogP contribution in [-0.4, -0.2) is 9.55 Å². The average Bonchev–Trinajstić information content (AvgIpc) is 2.47. The number of rotatable bonds is 1. The molecule has 1 aromatic carbocycles. The Hall–Kier alpha value is -1.42. The summed E-state index contributed by atoms with van der Waals surface area (Å²) in [4.78, 5) is 3.94. The maximum Gasteiger partial charge on any atom is 0.151 e. The molecule has 1 heterocycles. The fraction of sp³-hybridized carbons (Fsp3) is 0.222. The van der Waals surface area contributed by atoms with Gasteiger partial charge in [-0.3, -0.25) is 0 Å². The highest BCUT2D eigenvalue weighted by molar-refractivity contribution is 5.76. The topological polar surface area (TPSA) is 43.8 Å². The quantitative estimate of drug-likeness (QED) is 0.719. The van der Waals surface area contributed by atoms with Crippen molar-refractivity contribution in [3.63, 3.8) is 0 Å². The van der Waals surface area contributed by atoms with E-state index in [0.717, 1.165) is 11.1 Å². The molecular weight excluding hydrogens is 169 g/mol. The van der Waals surface area contributed by atoms with Crippen LogP contribution in [0.3, 0.4) is 0 Å². The van der Waals surface area contributed by atoms with Crippen molar-refractivity contribution in [1.29, 1.82) is 0 Å². The van der Waals surface area contributed by atoms with Crippen molar-refractivity contribution in [2.75, 3.05) is 0 Å². The first-order chi connectivity index (χ1) is 6.22. The number of hydrogen-bond acceptors (Lipinski definition) is 2. The van der Waals surface area contributed by atoms with Gasteiger partial charge in [0.2, 0.25) is 0 Å². The molecular formula is C9H10FN3. The molecule has 1 aromatic heterocycles. The Morgan fingerprint density at radius 2 is 2.31 bits per heavy atom. The number of imidazole rings is 1. The molecule has 0 fully saturated rings. The fourth-order valence-corrected chi connectivity index (χ4v) is 1.40. The lowest BCUT2D eigenvalue weighted by Gasteiger charge is -2.00. The zero-order valence-corrected chi connectivity index (χ0v) is 7.29. The van der Waals surface area contributed by atoms with Crippen molar-refractivity contribution in [3.8, 4) is 0 Å². The van der Waals surface area contributed by atoms with E-state index in [4.69, 9.17) is 5.73 Å². The average molecular weight is 179 g/mol. The van der Waals surface area contributed by atoms with E-state index in [2.05, 4.69) is 4.98 Å². The molecule has 2 rings (SSSR count). The van der Waals surface area contributed by atoms with Crippen LogP contribution in [0.15, 0.2) is 18.5 Å². The molecule has 13 heavy (non-hydrogen) atoms. The third-order valence-corrected chi connectivity index (χ3v) is 2.02. The van der Waals surface area contributed by atoms with Gasteiger partial charge >= 0.3 is 0 Å². The summed E-state index contributed by atoms with van der Waals surface area (Å²) in [7, 11) is 0. The van der Waals surface area contributed by atoms with Gasteiger partial charge in [-0.1, -0.05) is 0 Å². The van der Waals surface area contributed by atoms with Gasteiger partial charge in [-0.15, -0.1) is 0 Å². The first-order valence-electron chi connectivity index (χ1n) is 4.03.